The lowest BCUT2D eigenvalue weighted by Gasteiger charge is -2.02. The Balaban J connectivity index is 1.87. The van der Waals surface area contributed by atoms with Crippen LogP contribution in [0.2, 0.25) is 0 Å². The lowest BCUT2D eigenvalue weighted by molar-refractivity contribution is 0.627. The lowest BCUT2D eigenvalue weighted by Crippen LogP contribution is -1.94. The summed E-state index contributed by atoms with van der Waals surface area (Å²) in [5.41, 5.74) is 5.36. The molecule has 140 valence electrons. The molecule has 0 aliphatic carbocycles. The van der Waals surface area contributed by atoms with Gasteiger partial charge in [0.05, 0.1) is 22.6 Å². The van der Waals surface area contributed by atoms with Crippen molar-refractivity contribution in [2.45, 2.75) is 6.92 Å². The number of rotatable bonds is 4. The normalized spacial score (nSPS) is 11.3. The highest BCUT2D eigenvalue weighted by molar-refractivity contribution is 5.91. The van der Waals surface area contributed by atoms with Crippen LogP contribution >= 0.6 is 0 Å². The van der Waals surface area contributed by atoms with Crippen molar-refractivity contribution >= 4 is 11.6 Å². The summed E-state index contributed by atoms with van der Waals surface area (Å²) in [6, 6.07) is 21.8. The lowest BCUT2D eigenvalue weighted by atomic mass is 10.0. The van der Waals surface area contributed by atoms with E-state index in [9.17, 15) is 9.65 Å². The van der Waals surface area contributed by atoms with Gasteiger partial charge in [-0.15, -0.1) is 0 Å². The van der Waals surface area contributed by atoms with E-state index in [4.69, 9.17) is 5.10 Å². The van der Waals surface area contributed by atoms with E-state index in [2.05, 4.69) is 11.1 Å². The van der Waals surface area contributed by atoms with Gasteiger partial charge in [0.2, 0.25) is 0 Å². The molecule has 0 saturated carbocycles. The van der Waals surface area contributed by atoms with Crippen molar-refractivity contribution in [1.82, 2.24) is 14.8 Å². The van der Waals surface area contributed by atoms with Crippen LogP contribution in [0.5, 0.6) is 0 Å². The van der Waals surface area contributed by atoms with Crippen molar-refractivity contribution in [3.05, 3.63) is 102 Å². The minimum Gasteiger partial charge on any atom is -0.256 e. The summed E-state index contributed by atoms with van der Waals surface area (Å²) in [6.07, 6.45) is 5.27. The van der Waals surface area contributed by atoms with Crippen LogP contribution in [0.3, 0.4) is 0 Å². The van der Waals surface area contributed by atoms with Crippen molar-refractivity contribution in [3.8, 4) is 23.0 Å². The number of pyridine rings is 1. The molecule has 2 heterocycles. The second kappa shape index (κ2) is 7.91. The molecule has 4 aromatic rings. The summed E-state index contributed by atoms with van der Waals surface area (Å²) in [6.45, 7) is 2.02. The molecular formula is C24H17FN4. The minimum absolute atomic E-state index is 0.304. The van der Waals surface area contributed by atoms with Gasteiger partial charge in [-0.1, -0.05) is 35.9 Å². The largest absolute Gasteiger partial charge is 0.256 e. The smallest absolute Gasteiger partial charge is 0.123 e. The van der Waals surface area contributed by atoms with E-state index in [-0.39, 0.29) is 5.82 Å². The van der Waals surface area contributed by atoms with Gasteiger partial charge >= 0.3 is 0 Å². The summed E-state index contributed by atoms with van der Waals surface area (Å²) in [5, 5.41) is 14.4. The number of nitriles is 1. The summed E-state index contributed by atoms with van der Waals surface area (Å²) >= 11 is 0. The Kier molecular flexibility index (Phi) is 5.00. The third-order valence-electron chi connectivity index (χ3n) is 4.52. The molecule has 0 saturated heterocycles. The van der Waals surface area contributed by atoms with E-state index in [1.54, 1.807) is 35.2 Å². The first-order chi connectivity index (χ1) is 14.1. The molecule has 0 N–H and O–H groups in total. The summed E-state index contributed by atoms with van der Waals surface area (Å²) < 4.78 is 15.0. The molecule has 0 amide bonds. The van der Waals surface area contributed by atoms with Crippen molar-refractivity contribution < 1.29 is 4.39 Å². The molecule has 0 spiro atoms. The fraction of sp³-hybridized carbons (Fsp3) is 0.0417. The highest BCUT2D eigenvalue weighted by Crippen LogP contribution is 2.27. The maximum Gasteiger partial charge on any atom is 0.123 e. The molecule has 5 heteroatoms. The van der Waals surface area contributed by atoms with Crippen LogP contribution in [0.4, 0.5) is 4.39 Å². The molecule has 0 atom stereocenters. The number of aryl methyl sites for hydroxylation is 1. The van der Waals surface area contributed by atoms with E-state index in [1.807, 2.05) is 49.5 Å². The van der Waals surface area contributed by atoms with Crippen LogP contribution in [0, 0.1) is 24.1 Å². The molecule has 2 aromatic heterocycles. The summed E-state index contributed by atoms with van der Waals surface area (Å²) in [7, 11) is 0. The first-order valence-corrected chi connectivity index (χ1v) is 9.10. The number of allylic oxidation sites excluding steroid dienone is 1. The van der Waals surface area contributed by atoms with E-state index in [0.29, 0.717) is 11.3 Å². The molecule has 4 rings (SSSR count). The van der Waals surface area contributed by atoms with Crippen LogP contribution in [0.25, 0.3) is 28.6 Å². The Morgan fingerprint density at radius 2 is 1.79 bits per heavy atom. The second-order valence-corrected chi connectivity index (χ2v) is 6.60. The number of hydrogen-bond acceptors (Lipinski definition) is 3. The van der Waals surface area contributed by atoms with Gasteiger partial charge < -0.3 is 0 Å². The predicted molar refractivity (Wildman–Crippen MR) is 111 cm³/mol. The number of aromatic nitrogens is 3. The van der Waals surface area contributed by atoms with Gasteiger partial charge in [-0.25, -0.2) is 9.07 Å². The summed E-state index contributed by atoms with van der Waals surface area (Å²) in [4.78, 5) is 4.28. The molecule has 0 fully saturated rings. The maximum atomic E-state index is 13.3. The minimum atomic E-state index is -0.304. The van der Waals surface area contributed by atoms with Crippen molar-refractivity contribution in [1.29, 1.82) is 5.26 Å². The Hall–Kier alpha value is -4.04. The second-order valence-electron chi connectivity index (χ2n) is 6.60. The number of halogens is 1. The van der Waals surface area contributed by atoms with E-state index >= 15 is 0 Å². The molecule has 0 unspecified atom stereocenters. The molecule has 0 radical (unpaired) electrons. The fourth-order valence-electron chi connectivity index (χ4n) is 3.00. The van der Waals surface area contributed by atoms with Gasteiger partial charge in [0.15, 0.2) is 0 Å². The maximum absolute atomic E-state index is 13.3. The molecule has 4 nitrogen and oxygen atoms in total. The molecule has 29 heavy (non-hydrogen) atoms. The van der Waals surface area contributed by atoms with Gasteiger partial charge in [0.25, 0.3) is 0 Å². The Morgan fingerprint density at radius 1 is 1.03 bits per heavy atom. The number of nitrogens with zero attached hydrogens (tertiary/aromatic N) is 4. The van der Waals surface area contributed by atoms with Crippen LogP contribution in [0.1, 0.15) is 16.8 Å². The van der Waals surface area contributed by atoms with Gasteiger partial charge in [-0.2, -0.15) is 10.4 Å². The van der Waals surface area contributed by atoms with E-state index in [1.165, 1.54) is 12.1 Å². The zero-order chi connectivity index (χ0) is 20.2. The zero-order valence-corrected chi connectivity index (χ0v) is 15.7. The Bertz CT molecular complexity index is 1200. The number of hydrogen-bond donors (Lipinski definition) is 0. The van der Waals surface area contributed by atoms with Crippen molar-refractivity contribution in [3.63, 3.8) is 0 Å². The van der Waals surface area contributed by atoms with Crippen molar-refractivity contribution in [2.24, 2.45) is 0 Å². The molecule has 0 aliphatic rings. The van der Waals surface area contributed by atoms with Crippen LogP contribution < -0.4 is 0 Å². The van der Waals surface area contributed by atoms with Crippen LogP contribution in [-0.4, -0.2) is 14.8 Å². The predicted octanol–water partition coefficient (Wildman–Crippen LogP) is 5.45. The molecular weight excluding hydrogens is 363 g/mol. The first-order valence-electron chi connectivity index (χ1n) is 9.10. The van der Waals surface area contributed by atoms with Crippen LogP contribution in [-0.2, 0) is 0 Å². The summed E-state index contributed by atoms with van der Waals surface area (Å²) in [5.74, 6) is -0.304. The number of benzene rings is 2. The van der Waals surface area contributed by atoms with E-state index < -0.39 is 0 Å². The Morgan fingerprint density at radius 3 is 2.45 bits per heavy atom. The van der Waals surface area contributed by atoms with E-state index in [0.717, 1.165) is 28.1 Å². The third-order valence-corrected chi connectivity index (χ3v) is 4.52. The molecule has 0 bridgehead atoms. The third kappa shape index (κ3) is 3.97. The van der Waals surface area contributed by atoms with Gasteiger partial charge in [-0.05, 0) is 49.4 Å². The topological polar surface area (TPSA) is 54.5 Å². The van der Waals surface area contributed by atoms with Gasteiger partial charge in [-0.3, -0.25) is 4.98 Å². The quantitative estimate of drug-likeness (QED) is 0.443. The van der Waals surface area contributed by atoms with Gasteiger partial charge in [0, 0.05) is 23.5 Å². The molecule has 2 aromatic carbocycles. The first kappa shape index (κ1) is 18.3. The highest BCUT2D eigenvalue weighted by atomic mass is 19.1. The van der Waals surface area contributed by atoms with Gasteiger partial charge in [0.1, 0.15) is 11.9 Å². The monoisotopic (exact) mass is 380 g/mol. The average Bonchev–Trinajstić information content (AvgIpc) is 3.17. The SMILES string of the molecule is Cc1ccc(-c2nn(-c3ccc(F)cc3)cc2/C=C(\C#N)c2ccccn2)cc1. The highest BCUT2D eigenvalue weighted by Gasteiger charge is 2.13. The fourth-order valence-corrected chi connectivity index (χ4v) is 3.00. The standard InChI is InChI=1S/C24H17FN4/c1-17-5-7-18(8-6-17)24-20(14-19(15-26)23-4-2-3-13-27-23)16-29(28-24)22-11-9-21(25)10-12-22/h2-14,16H,1H3/b19-14+. The Labute approximate surface area is 168 Å². The average molecular weight is 380 g/mol. The van der Waals surface area contributed by atoms with Crippen LogP contribution in [0.15, 0.2) is 79.1 Å². The molecule has 0 aliphatic heterocycles. The zero-order valence-electron chi connectivity index (χ0n) is 15.7. The van der Waals surface area contributed by atoms with Crippen molar-refractivity contribution in [2.75, 3.05) is 0 Å².